The second kappa shape index (κ2) is 5.17. The van der Waals surface area contributed by atoms with E-state index in [0.717, 1.165) is 6.54 Å². The Morgan fingerprint density at radius 2 is 2.18 bits per heavy atom. The van der Waals surface area contributed by atoms with Crippen LogP contribution < -0.4 is 11.1 Å². The van der Waals surface area contributed by atoms with Crippen LogP contribution in [0.2, 0.25) is 0 Å². The van der Waals surface area contributed by atoms with Gasteiger partial charge < -0.3 is 11.1 Å². The number of aromatic nitrogens is 1. The Morgan fingerprint density at radius 1 is 1.53 bits per heavy atom. The smallest absolute Gasteiger partial charge is 0.252 e. The van der Waals surface area contributed by atoms with E-state index in [2.05, 4.69) is 38.0 Å². The molecule has 1 amide bonds. The molecule has 0 aliphatic rings. The van der Waals surface area contributed by atoms with E-state index in [0.29, 0.717) is 17.3 Å². The molecule has 4 heteroatoms. The first-order valence-corrected chi connectivity index (χ1v) is 5.83. The fraction of sp³-hybridized carbons (Fsp3) is 0.538. The van der Waals surface area contributed by atoms with Crippen LogP contribution in [0.3, 0.4) is 0 Å². The summed E-state index contributed by atoms with van der Waals surface area (Å²) in [7, 11) is 0. The highest BCUT2D eigenvalue weighted by molar-refractivity contribution is 5.97. The molecule has 0 radical (unpaired) electrons. The van der Waals surface area contributed by atoms with E-state index in [9.17, 15) is 4.79 Å². The van der Waals surface area contributed by atoms with Crippen molar-refractivity contribution in [2.75, 3.05) is 11.9 Å². The van der Waals surface area contributed by atoms with E-state index in [1.165, 1.54) is 0 Å². The van der Waals surface area contributed by atoms with Gasteiger partial charge in [-0.05, 0) is 23.5 Å². The third-order valence-corrected chi connectivity index (χ3v) is 3.35. The van der Waals surface area contributed by atoms with Crippen LogP contribution in [-0.4, -0.2) is 17.4 Å². The molecule has 0 aromatic carbocycles. The number of rotatable bonds is 5. The maximum absolute atomic E-state index is 11.2. The summed E-state index contributed by atoms with van der Waals surface area (Å²) in [5.74, 6) is 0.646. The van der Waals surface area contributed by atoms with Gasteiger partial charge in [-0.25, -0.2) is 4.98 Å². The minimum absolute atomic E-state index is 0.131. The number of amides is 1. The molecule has 0 unspecified atom stereocenters. The Kier molecular flexibility index (Phi) is 4.10. The van der Waals surface area contributed by atoms with E-state index in [1.54, 1.807) is 18.3 Å². The van der Waals surface area contributed by atoms with Crippen LogP contribution in [0, 0.1) is 11.3 Å². The average Bonchev–Trinajstić information content (AvgIpc) is 2.26. The topological polar surface area (TPSA) is 68.0 Å². The summed E-state index contributed by atoms with van der Waals surface area (Å²) < 4.78 is 0. The SMILES string of the molecule is CC(C)C(C)(C)CNc1ncccc1C(N)=O. The van der Waals surface area contributed by atoms with Crippen molar-refractivity contribution in [1.82, 2.24) is 4.98 Å². The summed E-state index contributed by atoms with van der Waals surface area (Å²) in [4.78, 5) is 15.4. The van der Waals surface area contributed by atoms with E-state index in [4.69, 9.17) is 5.73 Å². The highest BCUT2D eigenvalue weighted by Crippen LogP contribution is 2.26. The van der Waals surface area contributed by atoms with Crippen LogP contribution in [0.25, 0.3) is 0 Å². The number of hydrogen-bond acceptors (Lipinski definition) is 3. The lowest BCUT2D eigenvalue weighted by Gasteiger charge is -2.29. The second-order valence-electron chi connectivity index (χ2n) is 5.26. The van der Waals surface area contributed by atoms with Gasteiger partial charge >= 0.3 is 0 Å². The van der Waals surface area contributed by atoms with Gasteiger partial charge in [-0.2, -0.15) is 0 Å². The number of primary amides is 1. The number of nitrogens with two attached hydrogens (primary N) is 1. The lowest BCUT2D eigenvalue weighted by atomic mass is 9.81. The van der Waals surface area contributed by atoms with Crippen molar-refractivity contribution in [2.24, 2.45) is 17.1 Å². The van der Waals surface area contributed by atoms with Crippen LogP contribution in [0.15, 0.2) is 18.3 Å². The molecule has 4 nitrogen and oxygen atoms in total. The largest absolute Gasteiger partial charge is 0.369 e. The first kappa shape index (κ1) is 13.5. The highest BCUT2D eigenvalue weighted by Gasteiger charge is 2.22. The number of carbonyl (C=O) groups is 1. The maximum Gasteiger partial charge on any atom is 0.252 e. The molecule has 0 atom stereocenters. The van der Waals surface area contributed by atoms with Crippen molar-refractivity contribution in [2.45, 2.75) is 27.7 Å². The summed E-state index contributed by atoms with van der Waals surface area (Å²) >= 11 is 0. The molecule has 0 bridgehead atoms. The number of carbonyl (C=O) groups excluding carboxylic acids is 1. The van der Waals surface area contributed by atoms with Crippen LogP contribution in [-0.2, 0) is 0 Å². The number of nitrogens with zero attached hydrogens (tertiary/aromatic N) is 1. The third kappa shape index (κ3) is 3.44. The van der Waals surface area contributed by atoms with Crippen LogP contribution >= 0.6 is 0 Å². The van der Waals surface area contributed by atoms with Gasteiger partial charge in [0.1, 0.15) is 5.82 Å². The van der Waals surface area contributed by atoms with E-state index in [1.807, 2.05) is 0 Å². The van der Waals surface area contributed by atoms with Crippen LogP contribution in [0.1, 0.15) is 38.1 Å². The number of nitrogens with one attached hydrogen (secondary N) is 1. The second-order valence-corrected chi connectivity index (χ2v) is 5.26. The molecular weight excluding hydrogens is 214 g/mol. The Hall–Kier alpha value is -1.58. The summed E-state index contributed by atoms with van der Waals surface area (Å²) in [5, 5.41) is 3.20. The fourth-order valence-corrected chi connectivity index (χ4v) is 1.26. The van der Waals surface area contributed by atoms with Crippen LogP contribution in [0.4, 0.5) is 5.82 Å². The third-order valence-electron chi connectivity index (χ3n) is 3.35. The molecule has 0 aliphatic heterocycles. The van der Waals surface area contributed by atoms with Crippen molar-refractivity contribution in [1.29, 1.82) is 0 Å². The molecule has 94 valence electrons. The number of pyridine rings is 1. The normalized spacial score (nSPS) is 11.6. The lowest BCUT2D eigenvalue weighted by molar-refractivity contribution is 0.100. The maximum atomic E-state index is 11.2. The molecular formula is C13H21N3O. The van der Waals surface area contributed by atoms with E-state index >= 15 is 0 Å². The zero-order chi connectivity index (χ0) is 13.1. The highest BCUT2D eigenvalue weighted by atomic mass is 16.1. The van der Waals surface area contributed by atoms with Gasteiger partial charge in [-0.3, -0.25) is 4.79 Å². The molecule has 0 aliphatic carbocycles. The molecule has 1 heterocycles. The summed E-state index contributed by atoms with van der Waals surface area (Å²) in [6.07, 6.45) is 1.65. The standard InChI is InChI=1S/C13H21N3O/c1-9(2)13(3,4)8-16-12-10(11(14)17)6-5-7-15-12/h5-7,9H,8H2,1-4H3,(H2,14,17)(H,15,16). The van der Waals surface area contributed by atoms with Gasteiger partial charge in [0.05, 0.1) is 5.56 Å². The van der Waals surface area contributed by atoms with Gasteiger partial charge in [0.2, 0.25) is 0 Å². The Labute approximate surface area is 103 Å². The van der Waals surface area contributed by atoms with Crippen molar-refractivity contribution < 1.29 is 4.79 Å². The molecule has 0 fully saturated rings. The fourth-order valence-electron chi connectivity index (χ4n) is 1.26. The van der Waals surface area contributed by atoms with Gasteiger partial charge in [0.15, 0.2) is 0 Å². The zero-order valence-corrected chi connectivity index (χ0v) is 10.9. The first-order chi connectivity index (χ1) is 7.84. The molecule has 0 saturated heterocycles. The van der Waals surface area contributed by atoms with E-state index in [-0.39, 0.29) is 5.41 Å². The van der Waals surface area contributed by atoms with Gasteiger partial charge in [0.25, 0.3) is 5.91 Å². The quantitative estimate of drug-likeness (QED) is 0.822. The summed E-state index contributed by atoms with van der Waals surface area (Å²) in [6.45, 7) is 9.46. The number of hydrogen-bond donors (Lipinski definition) is 2. The van der Waals surface area contributed by atoms with Gasteiger partial charge in [0, 0.05) is 12.7 Å². The Morgan fingerprint density at radius 3 is 2.71 bits per heavy atom. The molecule has 0 saturated carbocycles. The minimum Gasteiger partial charge on any atom is -0.369 e. The van der Waals surface area contributed by atoms with Crippen molar-refractivity contribution in [3.05, 3.63) is 23.9 Å². The molecule has 17 heavy (non-hydrogen) atoms. The van der Waals surface area contributed by atoms with Crippen molar-refractivity contribution in [3.63, 3.8) is 0 Å². The molecule has 3 N–H and O–H groups in total. The lowest BCUT2D eigenvalue weighted by Crippen LogP contribution is -2.29. The van der Waals surface area contributed by atoms with Gasteiger partial charge in [-0.1, -0.05) is 27.7 Å². The number of anilines is 1. The van der Waals surface area contributed by atoms with Crippen molar-refractivity contribution in [3.8, 4) is 0 Å². The predicted octanol–water partition coefficient (Wildman–Crippen LogP) is 2.27. The molecule has 1 aromatic rings. The summed E-state index contributed by atoms with van der Waals surface area (Å²) in [6, 6.07) is 3.39. The van der Waals surface area contributed by atoms with Crippen molar-refractivity contribution >= 4 is 11.7 Å². The van der Waals surface area contributed by atoms with Gasteiger partial charge in [-0.15, -0.1) is 0 Å². The molecule has 1 aromatic heterocycles. The van der Waals surface area contributed by atoms with Crippen LogP contribution in [0.5, 0.6) is 0 Å². The molecule has 1 rings (SSSR count). The first-order valence-electron chi connectivity index (χ1n) is 5.83. The average molecular weight is 235 g/mol. The molecule has 0 spiro atoms. The monoisotopic (exact) mass is 235 g/mol. The Bertz CT molecular complexity index is 399. The summed E-state index contributed by atoms with van der Waals surface area (Å²) in [5.41, 5.74) is 5.86. The van der Waals surface area contributed by atoms with E-state index < -0.39 is 5.91 Å². The zero-order valence-electron chi connectivity index (χ0n) is 10.9. The minimum atomic E-state index is -0.456. The Balaban J connectivity index is 2.79. The predicted molar refractivity (Wildman–Crippen MR) is 69.9 cm³/mol.